The van der Waals surface area contributed by atoms with Crippen LogP contribution < -0.4 is 0 Å². The normalized spacial score (nSPS) is 11.9. The van der Waals surface area contributed by atoms with Gasteiger partial charge in [0, 0.05) is 0 Å². The second kappa shape index (κ2) is 7.90. The van der Waals surface area contributed by atoms with E-state index in [1.54, 1.807) is 12.1 Å². The van der Waals surface area contributed by atoms with Crippen molar-refractivity contribution in [1.29, 1.82) is 0 Å². The molecule has 0 saturated carbocycles. The van der Waals surface area contributed by atoms with E-state index in [0.717, 1.165) is 27.8 Å². The molecule has 0 aliphatic rings. The van der Waals surface area contributed by atoms with Crippen molar-refractivity contribution in [1.82, 2.24) is 0 Å². The first-order valence-electron chi connectivity index (χ1n) is 9.67. The highest BCUT2D eigenvalue weighted by Gasteiger charge is 2.38. The summed E-state index contributed by atoms with van der Waals surface area (Å²) in [5.74, 6) is 0. The fourth-order valence-electron chi connectivity index (χ4n) is 4.05. The Bertz CT molecular complexity index is 1190. The van der Waals surface area contributed by atoms with Gasteiger partial charge in [-0.15, -0.1) is 0 Å². The third kappa shape index (κ3) is 3.56. The molecule has 0 amide bonds. The van der Waals surface area contributed by atoms with Crippen molar-refractivity contribution < 1.29 is 13.0 Å². The minimum Gasteiger partial charge on any atom is -0.744 e. The summed E-state index contributed by atoms with van der Waals surface area (Å²) < 4.78 is 34.5. The highest BCUT2D eigenvalue weighted by Crippen LogP contribution is 2.45. The number of hydrogen-bond acceptors (Lipinski definition) is 3. The molecule has 30 heavy (non-hydrogen) atoms. The Morgan fingerprint density at radius 1 is 0.567 bits per heavy atom. The molecule has 0 aliphatic carbocycles. The third-order valence-electron chi connectivity index (χ3n) is 5.47. The Labute approximate surface area is 177 Å². The van der Waals surface area contributed by atoms with E-state index in [9.17, 15) is 13.0 Å². The van der Waals surface area contributed by atoms with Crippen LogP contribution in [0.5, 0.6) is 0 Å². The summed E-state index contributed by atoms with van der Waals surface area (Å²) >= 11 is 0. The van der Waals surface area contributed by atoms with Gasteiger partial charge in [-0.05, 0) is 41.3 Å². The average molecular weight is 414 g/mol. The summed E-state index contributed by atoms with van der Waals surface area (Å²) in [6, 6.07) is 34.9. The minimum atomic E-state index is -4.51. The van der Waals surface area contributed by atoms with Crippen molar-refractivity contribution in [2.24, 2.45) is 0 Å². The molecule has 0 fully saturated rings. The largest absolute Gasteiger partial charge is 0.744 e. The molecule has 0 heterocycles. The first kappa shape index (κ1) is 20.1. The van der Waals surface area contributed by atoms with Crippen molar-refractivity contribution >= 4 is 10.1 Å². The maximum Gasteiger partial charge on any atom is 0.124 e. The fraction of sp³-hybridized carbons (Fsp3) is 0.0769. The van der Waals surface area contributed by atoms with Gasteiger partial charge in [0.1, 0.15) is 10.1 Å². The maximum atomic E-state index is 11.5. The number of benzene rings is 4. The molecule has 4 heteroatoms. The van der Waals surface area contributed by atoms with Gasteiger partial charge in [0.25, 0.3) is 0 Å². The fourth-order valence-corrected chi connectivity index (χ4v) is 4.52. The second-order valence-electron chi connectivity index (χ2n) is 7.33. The maximum absolute atomic E-state index is 11.5. The lowest BCUT2D eigenvalue weighted by atomic mass is 9.65. The van der Waals surface area contributed by atoms with Gasteiger partial charge >= 0.3 is 0 Å². The van der Waals surface area contributed by atoms with Crippen LogP contribution in [0.2, 0.25) is 0 Å². The van der Waals surface area contributed by atoms with Crippen LogP contribution >= 0.6 is 0 Å². The lowest BCUT2D eigenvalue weighted by Crippen LogP contribution is -2.31. The van der Waals surface area contributed by atoms with Gasteiger partial charge in [0.2, 0.25) is 0 Å². The molecular weight excluding hydrogens is 392 g/mol. The Kier molecular flexibility index (Phi) is 5.29. The number of hydrogen-bond donors (Lipinski definition) is 0. The zero-order chi connectivity index (χ0) is 21.2. The monoisotopic (exact) mass is 413 g/mol. The van der Waals surface area contributed by atoms with Crippen molar-refractivity contribution in [2.45, 2.75) is 17.2 Å². The Morgan fingerprint density at radius 3 is 1.33 bits per heavy atom. The van der Waals surface area contributed by atoms with Crippen LogP contribution in [0.15, 0.2) is 114 Å². The topological polar surface area (TPSA) is 57.2 Å². The van der Waals surface area contributed by atoms with Crippen LogP contribution in [0, 0.1) is 6.92 Å². The molecule has 0 radical (unpaired) electrons. The van der Waals surface area contributed by atoms with Crippen molar-refractivity contribution in [3.05, 3.63) is 137 Å². The van der Waals surface area contributed by atoms with E-state index in [1.165, 1.54) is 12.1 Å². The summed E-state index contributed by atoms with van der Waals surface area (Å²) in [5.41, 5.74) is 4.54. The SMILES string of the molecule is Cc1ccc(C(c2ccccc2)(c2ccccc2)c2ccc(S(=O)(=O)[O-])cc2)cc1. The lowest BCUT2D eigenvalue weighted by molar-refractivity contribution is 0.463. The standard InChI is InChI=1S/C26H22O3S/c1-20-12-14-23(15-13-20)26(21-8-4-2-5-9-21,22-10-6-3-7-11-22)24-16-18-25(19-17-24)30(27,28)29/h2-19H,1H3,(H,27,28,29)/p-1. The Balaban J connectivity index is 2.09. The molecule has 0 aromatic heterocycles. The van der Waals surface area contributed by atoms with Crippen molar-refractivity contribution in [3.63, 3.8) is 0 Å². The molecule has 0 N–H and O–H groups in total. The lowest BCUT2D eigenvalue weighted by Gasteiger charge is -2.37. The third-order valence-corrected chi connectivity index (χ3v) is 6.32. The summed E-state index contributed by atoms with van der Waals surface area (Å²) in [6.07, 6.45) is 0. The van der Waals surface area contributed by atoms with Crippen LogP contribution in [0.3, 0.4) is 0 Å². The van der Waals surface area contributed by atoms with Crippen LogP contribution in [-0.4, -0.2) is 13.0 Å². The van der Waals surface area contributed by atoms with E-state index in [2.05, 4.69) is 48.5 Å². The van der Waals surface area contributed by atoms with Crippen LogP contribution in [0.1, 0.15) is 27.8 Å². The van der Waals surface area contributed by atoms with Gasteiger partial charge in [-0.1, -0.05) is 103 Å². The van der Waals surface area contributed by atoms with E-state index in [4.69, 9.17) is 0 Å². The smallest absolute Gasteiger partial charge is 0.124 e. The molecule has 0 unspecified atom stereocenters. The Hall–Kier alpha value is -3.21. The molecule has 0 spiro atoms. The molecule has 0 bridgehead atoms. The zero-order valence-corrected chi connectivity index (χ0v) is 17.3. The highest BCUT2D eigenvalue weighted by atomic mass is 32.2. The van der Waals surface area contributed by atoms with Gasteiger partial charge in [0.05, 0.1) is 10.3 Å². The van der Waals surface area contributed by atoms with Crippen LogP contribution in [-0.2, 0) is 15.5 Å². The van der Waals surface area contributed by atoms with Gasteiger partial charge < -0.3 is 4.55 Å². The Morgan fingerprint density at radius 2 is 0.933 bits per heavy atom. The van der Waals surface area contributed by atoms with Crippen molar-refractivity contribution in [3.8, 4) is 0 Å². The zero-order valence-electron chi connectivity index (χ0n) is 16.5. The molecule has 4 aromatic rings. The first-order chi connectivity index (χ1) is 14.4. The number of rotatable bonds is 5. The molecule has 150 valence electrons. The summed E-state index contributed by atoms with van der Waals surface area (Å²) in [4.78, 5) is -0.231. The van der Waals surface area contributed by atoms with Crippen molar-refractivity contribution in [2.75, 3.05) is 0 Å². The first-order valence-corrected chi connectivity index (χ1v) is 11.1. The summed E-state index contributed by atoms with van der Waals surface area (Å²) in [5, 5.41) is 0. The van der Waals surface area contributed by atoms with E-state index in [1.807, 2.05) is 43.3 Å². The predicted molar refractivity (Wildman–Crippen MR) is 117 cm³/mol. The molecule has 4 rings (SSSR count). The van der Waals surface area contributed by atoms with E-state index in [0.29, 0.717) is 0 Å². The number of aryl methyl sites for hydroxylation is 1. The summed E-state index contributed by atoms with van der Waals surface area (Å²) in [7, 11) is -4.51. The van der Waals surface area contributed by atoms with Crippen LogP contribution in [0.25, 0.3) is 0 Å². The quantitative estimate of drug-likeness (QED) is 0.330. The van der Waals surface area contributed by atoms with E-state index >= 15 is 0 Å². The average Bonchev–Trinajstić information content (AvgIpc) is 2.77. The molecule has 0 atom stereocenters. The molecule has 4 aromatic carbocycles. The van der Waals surface area contributed by atoms with Gasteiger partial charge in [-0.2, -0.15) is 0 Å². The van der Waals surface area contributed by atoms with Gasteiger partial charge in [0.15, 0.2) is 0 Å². The molecule has 0 aliphatic heterocycles. The van der Waals surface area contributed by atoms with E-state index < -0.39 is 15.5 Å². The molecule has 3 nitrogen and oxygen atoms in total. The predicted octanol–water partition coefficient (Wildman–Crippen LogP) is 5.28. The van der Waals surface area contributed by atoms with Gasteiger partial charge in [-0.3, -0.25) is 0 Å². The summed E-state index contributed by atoms with van der Waals surface area (Å²) in [6.45, 7) is 2.05. The van der Waals surface area contributed by atoms with Gasteiger partial charge in [-0.25, -0.2) is 8.42 Å². The highest BCUT2D eigenvalue weighted by molar-refractivity contribution is 7.85. The molecular formula is C26H21O3S-. The van der Waals surface area contributed by atoms with E-state index in [-0.39, 0.29) is 4.90 Å². The molecule has 0 saturated heterocycles. The minimum absolute atomic E-state index is 0.231. The second-order valence-corrected chi connectivity index (χ2v) is 8.71. The van der Waals surface area contributed by atoms with Crippen LogP contribution in [0.4, 0.5) is 0 Å².